The van der Waals surface area contributed by atoms with Gasteiger partial charge in [-0.05, 0) is 42.9 Å². The predicted molar refractivity (Wildman–Crippen MR) is 77.2 cm³/mol. The molecule has 0 aromatic heterocycles. The van der Waals surface area contributed by atoms with Crippen LogP contribution in [0.2, 0.25) is 0 Å². The van der Waals surface area contributed by atoms with Gasteiger partial charge in [-0.3, -0.25) is 9.69 Å². The fraction of sp³-hybridized carbons (Fsp3) is 0.533. The molecular formula is C15H18BrNO2. The second-order valence-electron chi connectivity index (χ2n) is 5.47. The summed E-state index contributed by atoms with van der Waals surface area (Å²) in [6.07, 6.45) is 4.90. The molecular weight excluding hydrogens is 306 g/mol. The molecule has 2 aliphatic rings. The first-order valence-corrected chi connectivity index (χ1v) is 7.71. The van der Waals surface area contributed by atoms with Gasteiger partial charge in [0.1, 0.15) is 0 Å². The van der Waals surface area contributed by atoms with Gasteiger partial charge in [-0.2, -0.15) is 0 Å². The number of nitrogens with zero attached hydrogens (tertiary/aromatic N) is 1. The van der Waals surface area contributed by atoms with Crippen molar-refractivity contribution in [3.8, 4) is 0 Å². The zero-order chi connectivity index (χ0) is 13.4. The molecule has 0 bridgehead atoms. The van der Waals surface area contributed by atoms with Crippen molar-refractivity contribution in [2.24, 2.45) is 0 Å². The smallest absolute Gasteiger partial charge is 0.304 e. The third-order valence-electron chi connectivity index (χ3n) is 4.18. The van der Waals surface area contributed by atoms with E-state index in [1.165, 1.54) is 28.4 Å². The van der Waals surface area contributed by atoms with Crippen LogP contribution in [0.25, 0.3) is 0 Å². The van der Waals surface area contributed by atoms with Crippen molar-refractivity contribution in [2.45, 2.75) is 44.2 Å². The van der Waals surface area contributed by atoms with Crippen LogP contribution in [0, 0.1) is 0 Å². The molecule has 1 aromatic carbocycles. The minimum atomic E-state index is -0.696. The summed E-state index contributed by atoms with van der Waals surface area (Å²) in [6.45, 7) is 0.677. The molecule has 1 aromatic rings. The van der Waals surface area contributed by atoms with E-state index in [1.54, 1.807) is 0 Å². The number of rotatable bonds is 5. The van der Waals surface area contributed by atoms with E-state index in [-0.39, 0.29) is 6.42 Å². The topological polar surface area (TPSA) is 40.5 Å². The van der Waals surface area contributed by atoms with E-state index in [0.29, 0.717) is 18.6 Å². The average molecular weight is 324 g/mol. The molecule has 3 rings (SSSR count). The first-order valence-electron chi connectivity index (χ1n) is 6.91. The maximum atomic E-state index is 10.8. The monoisotopic (exact) mass is 323 g/mol. The summed E-state index contributed by atoms with van der Waals surface area (Å²) in [5, 5.41) is 8.91. The summed E-state index contributed by atoms with van der Waals surface area (Å²) in [5.41, 5.74) is 2.81. The van der Waals surface area contributed by atoms with E-state index in [2.05, 4.69) is 39.0 Å². The lowest BCUT2D eigenvalue weighted by Crippen LogP contribution is -2.32. The molecule has 1 unspecified atom stereocenters. The summed E-state index contributed by atoms with van der Waals surface area (Å²) >= 11 is 3.63. The molecule has 1 atom stereocenters. The number of aliphatic carboxylic acids is 1. The van der Waals surface area contributed by atoms with E-state index in [1.807, 2.05) is 0 Å². The molecule has 0 saturated heterocycles. The van der Waals surface area contributed by atoms with Gasteiger partial charge in [0.05, 0.1) is 6.42 Å². The standard InChI is InChI=1S/C15H18BrNO2/c16-13-3-1-2-12-11(13)6-7-14(12)17(10-4-5-10)9-8-15(18)19/h1-3,10,14H,4-9H2,(H,18,19). The first kappa shape index (κ1) is 13.1. The van der Waals surface area contributed by atoms with Crippen LogP contribution in [-0.4, -0.2) is 28.6 Å². The van der Waals surface area contributed by atoms with E-state index >= 15 is 0 Å². The van der Waals surface area contributed by atoms with Gasteiger partial charge in [0.25, 0.3) is 0 Å². The van der Waals surface area contributed by atoms with Crippen LogP contribution in [-0.2, 0) is 11.2 Å². The average Bonchev–Trinajstić information content (AvgIpc) is 3.11. The Kier molecular flexibility index (Phi) is 3.63. The Morgan fingerprint density at radius 2 is 2.16 bits per heavy atom. The largest absolute Gasteiger partial charge is 0.481 e. The van der Waals surface area contributed by atoms with Gasteiger partial charge in [-0.25, -0.2) is 0 Å². The highest BCUT2D eigenvalue weighted by Gasteiger charge is 2.37. The van der Waals surface area contributed by atoms with Crippen molar-refractivity contribution >= 4 is 21.9 Å². The van der Waals surface area contributed by atoms with E-state index in [4.69, 9.17) is 5.11 Å². The van der Waals surface area contributed by atoms with Crippen molar-refractivity contribution in [2.75, 3.05) is 6.54 Å². The van der Waals surface area contributed by atoms with Crippen molar-refractivity contribution in [3.05, 3.63) is 33.8 Å². The SMILES string of the molecule is O=C(O)CCN(C1CC1)C1CCc2c(Br)cccc21. The number of halogens is 1. The maximum Gasteiger partial charge on any atom is 0.304 e. The van der Waals surface area contributed by atoms with E-state index < -0.39 is 5.97 Å². The van der Waals surface area contributed by atoms with Crippen LogP contribution in [0.15, 0.2) is 22.7 Å². The number of fused-ring (bicyclic) bond motifs is 1. The molecule has 1 fully saturated rings. The zero-order valence-electron chi connectivity index (χ0n) is 10.8. The zero-order valence-corrected chi connectivity index (χ0v) is 12.4. The lowest BCUT2D eigenvalue weighted by Gasteiger charge is -2.29. The van der Waals surface area contributed by atoms with E-state index in [9.17, 15) is 4.79 Å². The molecule has 2 aliphatic carbocycles. The summed E-state index contributed by atoms with van der Waals surface area (Å²) in [4.78, 5) is 13.3. The summed E-state index contributed by atoms with van der Waals surface area (Å²) < 4.78 is 1.20. The molecule has 1 N–H and O–H groups in total. The maximum absolute atomic E-state index is 10.8. The normalized spacial score (nSPS) is 21.7. The number of benzene rings is 1. The highest BCUT2D eigenvalue weighted by atomic mass is 79.9. The predicted octanol–water partition coefficient (Wildman–Crippen LogP) is 3.38. The number of carboxylic acids is 1. The van der Waals surface area contributed by atoms with Gasteiger partial charge in [0.15, 0.2) is 0 Å². The second-order valence-corrected chi connectivity index (χ2v) is 6.33. The van der Waals surface area contributed by atoms with Gasteiger partial charge in [-0.1, -0.05) is 28.1 Å². The number of carboxylic acid groups (broad SMARTS) is 1. The number of carbonyl (C=O) groups is 1. The molecule has 4 heteroatoms. The van der Waals surface area contributed by atoms with Gasteiger partial charge in [-0.15, -0.1) is 0 Å². The summed E-state index contributed by atoms with van der Waals surface area (Å²) in [7, 11) is 0. The Morgan fingerprint density at radius 3 is 2.84 bits per heavy atom. The van der Waals surface area contributed by atoms with Crippen LogP contribution < -0.4 is 0 Å². The molecule has 19 heavy (non-hydrogen) atoms. The third-order valence-corrected chi connectivity index (χ3v) is 4.92. The Balaban J connectivity index is 1.81. The van der Waals surface area contributed by atoms with Crippen molar-refractivity contribution < 1.29 is 9.90 Å². The minimum absolute atomic E-state index is 0.246. The quantitative estimate of drug-likeness (QED) is 0.903. The van der Waals surface area contributed by atoms with Crippen LogP contribution in [0.1, 0.15) is 42.9 Å². The van der Waals surface area contributed by atoms with E-state index in [0.717, 1.165) is 12.8 Å². The Hall–Kier alpha value is -0.870. The fourth-order valence-electron chi connectivity index (χ4n) is 3.16. The van der Waals surface area contributed by atoms with Gasteiger partial charge in [0, 0.05) is 23.1 Å². The first-order chi connectivity index (χ1) is 9.16. The lowest BCUT2D eigenvalue weighted by molar-refractivity contribution is -0.137. The molecule has 102 valence electrons. The number of hydrogen-bond donors (Lipinski definition) is 1. The molecule has 0 radical (unpaired) electrons. The van der Waals surface area contributed by atoms with Crippen molar-refractivity contribution in [3.63, 3.8) is 0 Å². The third kappa shape index (κ3) is 2.70. The molecule has 0 spiro atoms. The Morgan fingerprint density at radius 1 is 1.37 bits per heavy atom. The number of hydrogen-bond acceptors (Lipinski definition) is 2. The van der Waals surface area contributed by atoms with Crippen LogP contribution >= 0.6 is 15.9 Å². The van der Waals surface area contributed by atoms with Crippen LogP contribution in [0.3, 0.4) is 0 Å². The second kappa shape index (κ2) is 5.25. The van der Waals surface area contributed by atoms with Gasteiger partial charge < -0.3 is 5.11 Å². The Labute approximate surface area is 121 Å². The molecule has 0 aliphatic heterocycles. The lowest BCUT2D eigenvalue weighted by atomic mass is 10.1. The van der Waals surface area contributed by atoms with Gasteiger partial charge >= 0.3 is 5.97 Å². The molecule has 0 amide bonds. The highest BCUT2D eigenvalue weighted by molar-refractivity contribution is 9.10. The molecule has 3 nitrogen and oxygen atoms in total. The summed E-state index contributed by atoms with van der Waals surface area (Å²) in [6, 6.07) is 7.41. The van der Waals surface area contributed by atoms with Crippen molar-refractivity contribution in [1.82, 2.24) is 4.90 Å². The fourth-order valence-corrected chi connectivity index (χ4v) is 3.74. The van der Waals surface area contributed by atoms with Crippen LogP contribution in [0.4, 0.5) is 0 Å². The van der Waals surface area contributed by atoms with Crippen molar-refractivity contribution in [1.29, 1.82) is 0 Å². The Bertz CT molecular complexity index is 499. The van der Waals surface area contributed by atoms with Gasteiger partial charge in [0.2, 0.25) is 0 Å². The highest BCUT2D eigenvalue weighted by Crippen LogP contribution is 2.43. The molecule has 1 saturated carbocycles. The van der Waals surface area contributed by atoms with Crippen LogP contribution in [0.5, 0.6) is 0 Å². The molecule has 0 heterocycles. The minimum Gasteiger partial charge on any atom is -0.481 e. The summed E-state index contributed by atoms with van der Waals surface area (Å²) in [5.74, 6) is -0.696.